The van der Waals surface area contributed by atoms with E-state index in [-0.39, 0.29) is 0 Å². The number of aromatic nitrogens is 1. The second-order valence-corrected chi connectivity index (χ2v) is 5.36. The summed E-state index contributed by atoms with van der Waals surface area (Å²) in [5.41, 5.74) is 5.75. The van der Waals surface area contributed by atoms with E-state index in [1.165, 1.54) is 11.1 Å². The maximum Gasteiger partial charge on any atom is 0.137 e. The lowest BCUT2D eigenvalue weighted by Gasteiger charge is -2.25. The molecule has 0 aliphatic carbocycles. The Morgan fingerprint density at radius 1 is 1.10 bits per heavy atom. The molecule has 0 saturated heterocycles. The normalized spacial score (nSPS) is 10.7. The fourth-order valence-electron chi connectivity index (χ4n) is 2.41. The minimum atomic E-state index is 0.483. The van der Waals surface area contributed by atoms with Crippen LogP contribution in [0.1, 0.15) is 29.3 Å². The monoisotopic (exact) mass is 288 g/mol. The van der Waals surface area contributed by atoms with Gasteiger partial charge in [0.2, 0.25) is 0 Å². The van der Waals surface area contributed by atoms with Crippen LogP contribution >= 0.6 is 11.6 Å². The molecular weight excluding hydrogens is 268 g/mol. The molecule has 0 bridgehead atoms. The summed E-state index contributed by atoms with van der Waals surface area (Å²) in [6.45, 7) is 9.22. The molecule has 1 heterocycles. The Kier molecular flexibility index (Phi) is 4.66. The summed E-state index contributed by atoms with van der Waals surface area (Å²) in [6, 6.07) is 10.6. The molecule has 1 aromatic carbocycles. The average molecular weight is 289 g/mol. The lowest BCUT2D eigenvalue weighted by Crippen LogP contribution is -2.20. The summed E-state index contributed by atoms with van der Waals surface area (Å²) in [5, 5.41) is 0. The summed E-state index contributed by atoms with van der Waals surface area (Å²) in [4.78, 5) is 6.94. The molecule has 2 rings (SSSR count). The number of hydrogen-bond acceptors (Lipinski definition) is 2. The predicted octanol–water partition coefficient (Wildman–Crippen LogP) is 4.90. The second kappa shape index (κ2) is 6.27. The predicted molar refractivity (Wildman–Crippen MR) is 87.1 cm³/mol. The third-order valence-electron chi connectivity index (χ3n) is 3.50. The van der Waals surface area contributed by atoms with Crippen molar-refractivity contribution in [1.29, 1.82) is 0 Å². The molecule has 0 amide bonds. The molecule has 0 radical (unpaired) electrons. The number of anilines is 2. The fraction of sp³-hybridized carbons (Fsp3) is 0.353. The maximum absolute atomic E-state index is 6.14. The molecule has 20 heavy (non-hydrogen) atoms. The van der Waals surface area contributed by atoms with Crippen LogP contribution in [0.2, 0.25) is 0 Å². The Morgan fingerprint density at radius 3 is 2.30 bits per heavy atom. The minimum Gasteiger partial charge on any atom is -0.326 e. The Balaban J connectivity index is 2.54. The minimum absolute atomic E-state index is 0.483. The quantitative estimate of drug-likeness (QED) is 0.744. The Hall–Kier alpha value is -1.54. The Morgan fingerprint density at radius 2 is 1.75 bits per heavy atom. The van der Waals surface area contributed by atoms with Gasteiger partial charge in [0.1, 0.15) is 5.82 Å². The molecule has 0 unspecified atom stereocenters. The van der Waals surface area contributed by atoms with Gasteiger partial charge in [-0.1, -0.05) is 17.7 Å². The van der Waals surface area contributed by atoms with E-state index in [0.717, 1.165) is 29.3 Å². The molecular formula is C17H21ClN2. The summed E-state index contributed by atoms with van der Waals surface area (Å²) in [7, 11) is 0. The van der Waals surface area contributed by atoms with Gasteiger partial charge in [-0.2, -0.15) is 0 Å². The van der Waals surface area contributed by atoms with Gasteiger partial charge in [-0.3, -0.25) is 0 Å². The number of rotatable bonds is 4. The van der Waals surface area contributed by atoms with Crippen LogP contribution in [0.4, 0.5) is 11.5 Å². The zero-order chi connectivity index (χ0) is 14.7. The van der Waals surface area contributed by atoms with E-state index in [0.29, 0.717) is 5.88 Å². The lowest BCUT2D eigenvalue weighted by atomic mass is 10.1. The fourth-order valence-corrected chi connectivity index (χ4v) is 2.74. The van der Waals surface area contributed by atoms with E-state index < -0.39 is 0 Å². The molecule has 2 aromatic rings. The highest BCUT2D eigenvalue weighted by atomic mass is 35.5. The van der Waals surface area contributed by atoms with Crippen molar-refractivity contribution in [2.24, 2.45) is 0 Å². The van der Waals surface area contributed by atoms with Crippen molar-refractivity contribution in [3.05, 3.63) is 52.7 Å². The molecule has 0 N–H and O–H groups in total. The summed E-state index contributed by atoms with van der Waals surface area (Å²) >= 11 is 6.14. The first-order valence-electron chi connectivity index (χ1n) is 6.94. The SMILES string of the molecule is CCN(c1ccc(C)cc1)c1nc(C)cc(C)c1CCl. The number of alkyl halides is 1. The van der Waals surface area contributed by atoms with Crippen LogP contribution in [0.15, 0.2) is 30.3 Å². The van der Waals surface area contributed by atoms with E-state index in [9.17, 15) is 0 Å². The first kappa shape index (κ1) is 14.9. The van der Waals surface area contributed by atoms with Crippen LogP contribution < -0.4 is 4.90 Å². The number of aryl methyl sites for hydroxylation is 3. The molecule has 0 fully saturated rings. The van der Waals surface area contributed by atoms with Gasteiger partial charge < -0.3 is 4.90 Å². The standard InChI is InChI=1S/C17H21ClN2/c1-5-20(15-8-6-12(2)7-9-15)17-16(11-18)13(3)10-14(4)19-17/h6-10H,5,11H2,1-4H3. The summed E-state index contributed by atoms with van der Waals surface area (Å²) in [6.07, 6.45) is 0. The molecule has 0 saturated carbocycles. The van der Waals surface area contributed by atoms with Gasteiger partial charge in [-0.25, -0.2) is 4.98 Å². The van der Waals surface area contributed by atoms with Crippen molar-refractivity contribution in [3.63, 3.8) is 0 Å². The van der Waals surface area contributed by atoms with E-state index in [2.05, 4.69) is 56.0 Å². The number of nitrogens with zero attached hydrogens (tertiary/aromatic N) is 2. The maximum atomic E-state index is 6.14. The van der Waals surface area contributed by atoms with Gasteiger partial charge in [0.25, 0.3) is 0 Å². The van der Waals surface area contributed by atoms with Gasteiger partial charge >= 0.3 is 0 Å². The van der Waals surface area contributed by atoms with Crippen molar-refractivity contribution in [3.8, 4) is 0 Å². The van der Waals surface area contributed by atoms with Gasteiger partial charge in [-0.05, 0) is 51.5 Å². The molecule has 2 nitrogen and oxygen atoms in total. The highest BCUT2D eigenvalue weighted by Crippen LogP contribution is 2.30. The smallest absolute Gasteiger partial charge is 0.137 e. The van der Waals surface area contributed by atoms with Crippen molar-refractivity contribution < 1.29 is 0 Å². The molecule has 0 aliphatic heterocycles. The molecule has 106 valence electrons. The van der Waals surface area contributed by atoms with Crippen molar-refractivity contribution >= 4 is 23.1 Å². The van der Waals surface area contributed by atoms with Gasteiger partial charge in [-0.15, -0.1) is 11.6 Å². The van der Waals surface area contributed by atoms with Crippen molar-refractivity contribution in [2.75, 3.05) is 11.4 Å². The first-order valence-corrected chi connectivity index (χ1v) is 7.47. The van der Waals surface area contributed by atoms with Crippen molar-refractivity contribution in [2.45, 2.75) is 33.6 Å². The van der Waals surface area contributed by atoms with Crippen LogP contribution in [0.5, 0.6) is 0 Å². The van der Waals surface area contributed by atoms with E-state index in [1.54, 1.807) is 0 Å². The highest BCUT2D eigenvalue weighted by molar-refractivity contribution is 6.17. The van der Waals surface area contributed by atoms with Crippen LogP contribution in [-0.4, -0.2) is 11.5 Å². The third-order valence-corrected chi connectivity index (χ3v) is 3.77. The Bertz CT molecular complexity index is 591. The first-order chi connectivity index (χ1) is 9.56. The molecule has 1 aromatic heterocycles. The third kappa shape index (κ3) is 2.96. The second-order valence-electron chi connectivity index (χ2n) is 5.10. The van der Waals surface area contributed by atoms with Crippen molar-refractivity contribution in [1.82, 2.24) is 4.98 Å². The largest absolute Gasteiger partial charge is 0.326 e. The number of halogens is 1. The van der Waals surface area contributed by atoms with Crippen LogP contribution in [0, 0.1) is 20.8 Å². The number of hydrogen-bond donors (Lipinski definition) is 0. The topological polar surface area (TPSA) is 16.1 Å². The van der Waals surface area contributed by atoms with Gasteiger partial charge in [0.15, 0.2) is 0 Å². The van der Waals surface area contributed by atoms with E-state index in [1.807, 2.05) is 6.92 Å². The van der Waals surface area contributed by atoms with Crippen LogP contribution in [0.3, 0.4) is 0 Å². The van der Waals surface area contributed by atoms with Gasteiger partial charge in [0.05, 0.1) is 5.88 Å². The summed E-state index contributed by atoms with van der Waals surface area (Å²) in [5.74, 6) is 1.46. The Labute approximate surface area is 126 Å². The molecule has 0 aliphatic rings. The number of benzene rings is 1. The van der Waals surface area contributed by atoms with Gasteiger partial charge in [0, 0.05) is 23.5 Å². The van der Waals surface area contributed by atoms with E-state index in [4.69, 9.17) is 16.6 Å². The highest BCUT2D eigenvalue weighted by Gasteiger charge is 2.15. The average Bonchev–Trinajstić information content (AvgIpc) is 2.41. The molecule has 0 atom stereocenters. The molecule has 3 heteroatoms. The molecule has 0 spiro atoms. The van der Waals surface area contributed by atoms with E-state index >= 15 is 0 Å². The zero-order valence-electron chi connectivity index (χ0n) is 12.6. The van der Waals surface area contributed by atoms with Crippen LogP contribution in [0.25, 0.3) is 0 Å². The summed E-state index contributed by atoms with van der Waals surface area (Å²) < 4.78 is 0. The lowest BCUT2D eigenvalue weighted by molar-refractivity contribution is 0.958. The number of pyridine rings is 1. The van der Waals surface area contributed by atoms with Crippen LogP contribution in [-0.2, 0) is 5.88 Å². The zero-order valence-corrected chi connectivity index (χ0v) is 13.3.